The molecule has 2 nitrogen and oxygen atoms in total. The molecule has 0 amide bonds. The number of benzene rings is 1. The van der Waals surface area contributed by atoms with Crippen LogP contribution in [0.25, 0.3) is 0 Å². The van der Waals surface area contributed by atoms with E-state index in [2.05, 4.69) is 23.3 Å². The molecule has 0 bridgehead atoms. The van der Waals surface area contributed by atoms with E-state index < -0.39 is 0 Å². The molecule has 1 aromatic carbocycles. The zero-order chi connectivity index (χ0) is 13.0. The van der Waals surface area contributed by atoms with Crippen molar-refractivity contribution in [3.63, 3.8) is 0 Å². The molecule has 0 spiro atoms. The summed E-state index contributed by atoms with van der Waals surface area (Å²) < 4.78 is 0. The Morgan fingerprint density at radius 3 is 2.67 bits per heavy atom. The lowest BCUT2D eigenvalue weighted by Crippen LogP contribution is -2.23. The quantitative estimate of drug-likeness (QED) is 0.906. The average molecular weight is 261 g/mol. The molecular weight excluding hydrogens is 244 g/mol. The Labute approximate surface area is 113 Å². The third-order valence-electron chi connectivity index (χ3n) is 2.80. The van der Waals surface area contributed by atoms with E-state index in [0.29, 0.717) is 0 Å². The number of hydrogen-bond donors (Lipinski definition) is 1. The van der Waals surface area contributed by atoms with Crippen molar-refractivity contribution in [3.05, 3.63) is 64.4 Å². The first-order chi connectivity index (χ1) is 8.70. The van der Waals surface area contributed by atoms with Gasteiger partial charge in [0, 0.05) is 10.7 Å². The lowest BCUT2D eigenvalue weighted by atomic mass is 10.0. The highest BCUT2D eigenvalue weighted by atomic mass is 35.5. The fourth-order valence-corrected chi connectivity index (χ4v) is 2.21. The predicted octanol–water partition coefficient (Wildman–Crippen LogP) is 3.74. The largest absolute Gasteiger partial charge is 0.305 e. The highest BCUT2D eigenvalue weighted by Gasteiger charge is 2.14. The van der Waals surface area contributed by atoms with Gasteiger partial charge >= 0.3 is 0 Å². The molecule has 1 aromatic heterocycles. The molecule has 1 heterocycles. The smallest absolute Gasteiger partial charge is 0.0751 e. The Balaban J connectivity index is 2.39. The van der Waals surface area contributed by atoms with E-state index in [-0.39, 0.29) is 6.04 Å². The minimum atomic E-state index is 0.0913. The van der Waals surface area contributed by atoms with E-state index in [1.165, 1.54) is 0 Å². The van der Waals surface area contributed by atoms with E-state index in [1.807, 2.05) is 43.3 Å². The van der Waals surface area contributed by atoms with Crippen molar-refractivity contribution < 1.29 is 0 Å². The van der Waals surface area contributed by atoms with Crippen molar-refractivity contribution in [1.29, 1.82) is 0 Å². The van der Waals surface area contributed by atoms with Crippen LogP contribution < -0.4 is 5.32 Å². The summed E-state index contributed by atoms with van der Waals surface area (Å²) in [5.41, 5.74) is 3.19. The number of halogens is 1. The monoisotopic (exact) mass is 260 g/mol. The summed E-state index contributed by atoms with van der Waals surface area (Å²) in [6, 6.07) is 14.1. The molecule has 94 valence electrons. The Morgan fingerprint density at radius 2 is 2.00 bits per heavy atom. The van der Waals surface area contributed by atoms with Gasteiger partial charge < -0.3 is 5.32 Å². The normalized spacial score (nSPS) is 12.4. The number of hydrogen-bond acceptors (Lipinski definition) is 2. The van der Waals surface area contributed by atoms with Crippen LogP contribution in [0.5, 0.6) is 0 Å². The van der Waals surface area contributed by atoms with Crippen molar-refractivity contribution in [2.24, 2.45) is 0 Å². The van der Waals surface area contributed by atoms with Gasteiger partial charge in [0.25, 0.3) is 0 Å². The lowest BCUT2D eigenvalue weighted by molar-refractivity contribution is 0.614. The van der Waals surface area contributed by atoms with Gasteiger partial charge in [0.1, 0.15) is 0 Å². The second-order valence-electron chi connectivity index (χ2n) is 4.25. The first-order valence-electron chi connectivity index (χ1n) is 6.13. The summed E-state index contributed by atoms with van der Waals surface area (Å²) in [4.78, 5) is 4.59. The first-order valence-corrected chi connectivity index (χ1v) is 6.51. The number of rotatable bonds is 4. The molecule has 1 N–H and O–H groups in total. The highest BCUT2D eigenvalue weighted by molar-refractivity contribution is 6.30. The van der Waals surface area contributed by atoms with Gasteiger partial charge in [0.05, 0.1) is 11.7 Å². The van der Waals surface area contributed by atoms with Gasteiger partial charge in [-0.15, -0.1) is 0 Å². The Kier molecular flexibility index (Phi) is 4.34. The average Bonchev–Trinajstić information content (AvgIpc) is 2.36. The molecule has 1 atom stereocenters. The van der Waals surface area contributed by atoms with Gasteiger partial charge in [-0.25, -0.2) is 0 Å². The summed E-state index contributed by atoms with van der Waals surface area (Å²) in [5, 5.41) is 4.20. The van der Waals surface area contributed by atoms with Crippen LogP contribution in [-0.2, 0) is 0 Å². The zero-order valence-electron chi connectivity index (χ0n) is 10.7. The summed E-state index contributed by atoms with van der Waals surface area (Å²) in [6.45, 7) is 4.98. The third-order valence-corrected chi connectivity index (χ3v) is 3.03. The van der Waals surface area contributed by atoms with Gasteiger partial charge in [-0.1, -0.05) is 36.7 Å². The maximum atomic E-state index is 6.06. The SMILES string of the molecule is CCNC(c1cccc(Cl)c1)c1cccc(C)n1. The predicted molar refractivity (Wildman–Crippen MR) is 75.9 cm³/mol. The number of nitrogens with one attached hydrogen (secondary N) is 1. The molecule has 0 aliphatic rings. The molecule has 18 heavy (non-hydrogen) atoms. The highest BCUT2D eigenvalue weighted by Crippen LogP contribution is 2.23. The molecule has 0 aliphatic heterocycles. The molecule has 2 rings (SSSR count). The van der Waals surface area contributed by atoms with Crippen molar-refractivity contribution in [2.45, 2.75) is 19.9 Å². The van der Waals surface area contributed by atoms with Gasteiger partial charge in [-0.3, -0.25) is 4.98 Å². The fourth-order valence-electron chi connectivity index (χ4n) is 2.01. The summed E-state index contributed by atoms with van der Waals surface area (Å²) in [5.74, 6) is 0. The van der Waals surface area contributed by atoms with Gasteiger partial charge in [0.15, 0.2) is 0 Å². The van der Waals surface area contributed by atoms with Crippen LogP contribution in [0.3, 0.4) is 0 Å². The first kappa shape index (κ1) is 13.1. The van der Waals surface area contributed by atoms with Crippen LogP contribution in [0, 0.1) is 6.92 Å². The standard InChI is InChI=1S/C15H17ClN2/c1-3-17-15(12-7-5-8-13(16)10-12)14-9-4-6-11(2)18-14/h4-10,15,17H,3H2,1-2H3. The number of pyridine rings is 1. The van der Waals surface area contributed by atoms with Gasteiger partial charge in [-0.05, 0) is 43.3 Å². The van der Waals surface area contributed by atoms with Crippen molar-refractivity contribution in [2.75, 3.05) is 6.54 Å². The minimum absolute atomic E-state index is 0.0913. The van der Waals surface area contributed by atoms with Crippen LogP contribution in [-0.4, -0.2) is 11.5 Å². The Morgan fingerprint density at radius 1 is 1.22 bits per heavy atom. The molecule has 0 saturated carbocycles. The Bertz CT molecular complexity index is 480. The second-order valence-corrected chi connectivity index (χ2v) is 4.69. The zero-order valence-corrected chi connectivity index (χ0v) is 11.4. The minimum Gasteiger partial charge on any atom is -0.305 e. The topological polar surface area (TPSA) is 24.9 Å². The lowest BCUT2D eigenvalue weighted by Gasteiger charge is -2.18. The van der Waals surface area contributed by atoms with Gasteiger partial charge in [-0.2, -0.15) is 0 Å². The molecule has 0 fully saturated rings. The maximum Gasteiger partial charge on any atom is 0.0751 e. The summed E-state index contributed by atoms with van der Waals surface area (Å²) in [7, 11) is 0. The van der Waals surface area contributed by atoms with Crippen molar-refractivity contribution in [3.8, 4) is 0 Å². The van der Waals surface area contributed by atoms with Crippen LogP contribution in [0.1, 0.15) is 29.9 Å². The summed E-state index contributed by atoms with van der Waals surface area (Å²) >= 11 is 6.06. The van der Waals surface area contributed by atoms with E-state index in [0.717, 1.165) is 28.5 Å². The molecular formula is C15H17ClN2. The second kappa shape index (κ2) is 5.98. The van der Waals surface area contributed by atoms with Gasteiger partial charge in [0.2, 0.25) is 0 Å². The molecule has 1 unspecified atom stereocenters. The molecule has 0 aliphatic carbocycles. The third kappa shape index (κ3) is 3.09. The van der Waals surface area contributed by atoms with Crippen LogP contribution in [0.4, 0.5) is 0 Å². The fraction of sp³-hybridized carbons (Fsp3) is 0.267. The number of aromatic nitrogens is 1. The Hall–Kier alpha value is -1.38. The van der Waals surface area contributed by atoms with Crippen LogP contribution >= 0.6 is 11.6 Å². The van der Waals surface area contributed by atoms with Crippen LogP contribution in [0.2, 0.25) is 5.02 Å². The van der Waals surface area contributed by atoms with Crippen molar-refractivity contribution in [1.82, 2.24) is 10.3 Å². The van der Waals surface area contributed by atoms with E-state index in [9.17, 15) is 0 Å². The molecule has 2 aromatic rings. The molecule has 0 radical (unpaired) electrons. The summed E-state index contributed by atoms with van der Waals surface area (Å²) in [6.07, 6.45) is 0. The maximum absolute atomic E-state index is 6.06. The number of aryl methyl sites for hydroxylation is 1. The molecule has 0 saturated heterocycles. The molecule has 3 heteroatoms. The van der Waals surface area contributed by atoms with Crippen LogP contribution in [0.15, 0.2) is 42.5 Å². The van der Waals surface area contributed by atoms with Crippen molar-refractivity contribution >= 4 is 11.6 Å². The van der Waals surface area contributed by atoms with E-state index in [4.69, 9.17) is 11.6 Å². The van der Waals surface area contributed by atoms with E-state index >= 15 is 0 Å². The number of nitrogens with zero attached hydrogens (tertiary/aromatic N) is 1. The van der Waals surface area contributed by atoms with E-state index in [1.54, 1.807) is 0 Å².